The number of hydroxylamine groups is 1. The Hall–Kier alpha value is -2.07. The number of hydrogen-bond acceptors (Lipinski definition) is 5. The summed E-state index contributed by atoms with van der Waals surface area (Å²) in [4.78, 5) is 9.11. The fraction of sp³-hybridized carbons (Fsp3) is 0.235. The third-order valence-electron chi connectivity index (χ3n) is 3.79. The Labute approximate surface area is 156 Å². The largest absolute Gasteiger partial charge is 0.394 e. The SMILES string of the molecule is Cn1cnc2c(F)c(Nc3ccc(Br)cc3F)c(CNOCCO)cc21. The number of imidazole rings is 1. The van der Waals surface area contributed by atoms with Gasteiger partial charge in [-0.3, -0.25) is 4.84 Å². The van der Waals surface area contributed by atoms with Crippen molar-refractivity contribution in [2.45, 2.75) is 6.54 Å². The van der Waals surface area contributed by atoms with Gasteiger partial charge in [-0.2, -0.15) is 5.48 Å². The summed E-state index contributed by atoms with van der Waals surface area (Å²) in [5, 5.41) is 11.6. The van der Waals surface area contributed by atoms with Crippen LogP contribution < -0.4 is 10.8 Å². The van der Waals surface area contributed by atoms with Crippen molar-refractivity contribution in [2.75, 3.05) is 18.5 Å². The van der Waals surface area contributed by atoms with Crippen LogP contribution in [0.3, 0.4) is 0 Å². The maximum absolute atomic E-state index is 15.0. The first-order valence-corrected chi connectivity index (χ1v) is 8.60. The monoisotopic (exact) mass is 426 g/mol. The molecule has 2 aromatic carbocycles. The van der Waals surface area contributed by atoms with Gasteiger partial charge in [-0.05, 0) is 29.8 Å². The first kappa shape index (κ1) is 18.7. The zero-order valence-electron chi connectivity index (χ0n) is 13.9. The summed E-state index contributed by atoms with van der Waals surface area (Å²) in [6.45, 7) is 0.108. The van der Waals surface area contributed by atoms with Gasteiger partial charge in [0.1, 0.15) is 11.3 Å². The molecule has 0 fully saturated rings. The molecule has 0 bridgehead atoms. The van der Waals surface area contributed by atoms with Crippen LogP contribution >= 0.6 is 15.9 Å². The van der Waals surface area contributed by atoms with Crippen LogP contribution in [0.1, 0.15) is 5.56 Å². The lowest BCUT2D eigenvalue weighted by atomic mass is 10.1. The minimum Gasteiger partial charge on any atom is -0.394 e. The zero-order chi connectivity index (χ0) is 18.7. The maximum atomic E-state index is 15.0. The summed E-state index contributed by atoms with van der Waals surface area (Å²) in [6, 6.07) is 6.22. The van der Waals surface area contributed by atoms with Gasteiger partial charge in [-0.25, -0.2) is 13.8 Å². The van der Waals surface area contributed by atoms with E-state index in [-0.39, 0.29) is 36.6 Å². The van der Waals surface area contributed by atoms with Crippen LogP contribution in [0.4, 0.5) is 20.2 Å². The number of aryl methyl sites for hydroxylation is 1. The molecular formula is C17H17BrF2N4O2. The van der Waals surface area contributed by atoms with E-state index in [1.807, 2.05) is 0 Å². The number of anilines is 2. The fourth-order valence-corrected chi connectivity index (χ4v) is 2.86. The normalized spacial score (nSPS) is 11.3. The Morgan fingerprint density at radius 1 is 1.31 bits per heavy atom. The highest BCUT2D eigenvalue weighted by Gasteiger charge is 2.18. The molecule has 3 rings (SSSR count). The summed E-state index contributed by atoms with van der Waals surface area (Å²) < 4.78 is 31.5. The van der Waals surface area contributed by atoms with Gasteiger partial charge in [0.15, 0.2) is 5.82 Å². The molecule has 3 aromatic rings. The van der Waals surface area contributed by atoms with E-state index in [1.54, 1.807) is 23.7 Å². The molecular weight excluding hydrogens is 410 g/mol. The number of aliphatic hydroxyl groups excluding tert-OH is 1. The van der Waals surface area contributed by atoms with E-state index in [4.69, 9.17) is 9.94 Å². The molecule has 0 saturated heterocycles. The van der Waals surface area contributed by atoms with Crippen LogP contribution in [0.2, 0.25) is 0 Å². The number of nitrogens with one attached hydrogen (secondary N) is 2. The number of aliphatic hydroxyl groups is 1. The molecule has 0 spiro atoms. The average molecular weight is 427 g/mol. The van der Waals surface area contributed by atoms with E-state index >= 15 is 4.39 Å². The molecule has 9 heteroatoms. The van der Waals surface area contributed by atoms with Gasteiger partial charge in [0.2, 0.25) is 0 Å². The van der Waals surface area contributed by atoms with E-state index in [2.05, 4.69) is 31.7 Å². The van der Waals surface area contributed by atoms with Crippen LogP contribution in [0.25, 0.3) is 11.0 Å². The molecule has 0 atom stereocenters. The predicted molar refractivity (Wildman–Crippen MR) is 97.9 cm³/mol. The molecule has 1 aromatic heterocycles. The average Bonchev–Trinajstić information content (AvgIpc) is 2.98. The highest BCUT2D eigenvalue weighted by molar-refractivity contribution is 9.10. The molecule has 3 N–H and O–H groups in total. The van der Waals surface area contributed by atoms with Crippen LogP contribution in [-0.2, 0) is 18.4 Å². The lowest BCUT2D eigenvalue weighted by Gasteiger charge is -2.15. The van der Waals surface area contributed by atoms with E-state index in [9.17, 15) is 4.39 Å². The van der Waals surface area contributed by atoms with Gasteiger partial charge in [-0.15, -0.1) is 0 Å². The number of fused-ring (bicyclic) bond motifs is 1. The molecule has 0 aliphatic rings. The number of halogens is 3. The first-order chi connectivity index (χ1) is 12.5. The number of rotatable bonds is 7. The topological polar surface area (TPSA) is 71.3 Å². The second-order valence-electron chi connectivity index (χ2n) is 5.59. The van der Waals surface area contributed by atoms with Crippen molar-refractivity contribution in [3.63, 3.8) is 0 Å². The molecule has 0 unspecified atom stereocenters. The summed E-state index contributed by atoms with van der Waals surface area (Å²) in [5.74, 6) is -1.10. The van der Waals surface area contributed by atoms with E-state index < -0.39 is 11.6 Å². The lowest BCUT2D eigenvalue weighted by Crippen LogP contribution is -2.18. The summed E-state index contributed by atoms with van der Waals surface area (Å²) >= 11 is 3.19. The number of nitrogens with zero attached hydrogens (tertiary/aromatic N) is 2. The highest BCUT2D eigenvalue weighted by atomic mass is 79.9. The van der Waals surface area contributed by atoms with Crippen molar-refractivity contribution in [1.29, 1.82) is 0 Å². The summed E-state index contributed by atoms with van der Waals surface area (Å²) in [5.41, 5.74) is 4.22. The Bertz CT molecular complexity index is 933. The second-order valence-corrected chi connectivity index (χ2v) is 6.51. The van der Waals surface area contributed by atoms with Crippen molar-refractivity contribution >= 4 is 38.3 Å². The van der Waals surface area contributed by atoms with E-state index in [0.29, 0.717) is 15.6 Å². The van der Waals surface area contributed by atoms with Crippen molar-refractivity contribution in [1.82, 2.24) is 15.0 Å². The van der Waals surface area contributed by atoms with Gasteiger partial charge >= 0.3 is 0 Å². The van der Waals surface area contributed by atoms with Gasteiger partial charge < -0.3 is 15.0 Å². The summed E-state index contributed by atoms with van der Waals surface area (Å²) in [6.07, 6.45) is 1.51. The van der Waals surface area contributed by atoms with Crippen LogP contribution in [0.5, 0.6) is 0 Å². The third-order valence-corrected chi connectivity index (χ3v) is 4.28. The van der Waals surface area contributed by atoms with E-state index in [1.165, 1.54) is 18.5 Å². The Morgan fingerprint density at radius 3 is 2.85 bits per heavy atom. The van der Waals surface area contributed by atoms with E-state index in [0.717, 1.165) is 0 Å². The van der Waals surface area contributed by atoms with Crippen LogP contribution in [0.15, 0.2) is 35.1 Å². The van der Waals surface area contributed by atoms with Crippen molar-refractivity contribution in [3.05, 3.63) is 52.3 Å². The number of aromatic nitrogens is 2. The molecule has 0 aliphatic carbocycles. The van der Waals surface area contributed by atoms with Gasteiger partial charge in [0, 0.05) is 18.1 Å². The molecule has 1 heterocycles. The molecule has 138 valence electrons. The minimum absolute atomic E-state index is 0.0978. The number of hydrogen-bond donors (Lipinski definition) is 3. The van der Waals surface area contributed by atoms with Gasteiger partial charge in [0.25, 0.3) is 0 Å². The minimum atomic E-state index is -0.579. The molecule has 26 heavy (non-hydrogen) atoms. The smallest absolute Gasteiger partial charge is 0.174 e. The van der Waals surface area contributed by atoms with Gasteiger partial charge in [0.05, 0.1) is 36.4 Å². The first-order valence-electron chi connectivity index (χ1n) is 7.81. The molecule has 0 aliphatic heterocycles. The molecule has 0 amide bonds. The van der Waals surface area contributed by atoms with Crippen molar-refractivity contribution < 1.29 is 18.7 Å². The molecule has 0 saturated carbocycles. The van der Waals surface area contributed by atoms with Crippen LogP contribution in [0, 0.1) is 11.6 Å². The highest BCUT2D eigenvalue weighted by Crippen LogP contribution is 2.32. The molecule has 6 nitrogen and oxygen atoms in total. The number of benzene rings is 2. The van der Waals surface area contributed by atoms with Crippen molar-refractivity contribution in [2.24, 2.45) is 7.05 Å². The van der Waals surface area contributed by atoms with Crippen LogP contribution in [-0.4, -0.2) is 27.9 Å². The molecule has 0 radical (unpaired) electrons. The predicted octanol–water partition coefficient (Wildman–Crippen LogP) is 3.37. The quantitative estimate of drug-likeness (QED) is 0.399. The standard InChI is InChI=1S/C17H17BrF2N4O2/c1-24-9-21-17-14(24)6-10(8-22-26-5-4-25)16(15(17)20)23-13-3-2-11(18)7-12(13)19/h2-3,6-7,9,22-23,25H,4-5,8H2,1H3. The summed E-state index contributed by atoms with van der Waals surface area (Å²) in [7, 11) is 1.76. The lowest BCUT2D eigenvalue weighted by molar-refractivity contribution is 0.0138. The second kappa shape index (κ2) is 8.09. The Morgan fingerprint density at radius 2 is 2.12 bits per heavy atom. The third kappa shape index (κ3) is 3.85. The van der Waals surface area contributed by atoms with Crippen molar-refractivity contribution in [3.8, 4) is 0 Å². The fourth-order valence-electron chi connectivity index (χ4n) is 2.52. The Balaban J connectivity index is 2.01. The van der Waals surface area contributed by atoms with Gasteiger partial charge in [-0.1, -0.05) is 15.9 Å². The zero-order valence-corrected chi connectivity index (χ0v) is 15.5. The maximum Gasteiger partial charge on any atom is 0.174 e. The Kier molecular flexibility index (Phi) is 5.82.